The zero-order chi connectivity index (χ0) is 22.2. The highest BCUT2D eigenvalue weighted by Gasteiger charge is 2.24. The van der Waals surface area contributed by atoms with Crippen molar-refractivity contribution in [3.8, 4) is 5.75 Å². The summed E-state index contributed by atoms with van der Waals surface area (Å²) < 4.78 is 6.34. The Bertz CT molecular complexity index is 595. The molecule has 0 fully saturated rings. The van der Waals surface area contributed by atoms with Crippen molar-refractivity contribution in [2.24, 2.45) is 0 Å². The van der Waals surface area contributed by atoms with E-state index in [2.05, 4.69) is 56.9 Å². The van der Waals surface area contributed by atoms with Crippen LogP contribution in [0.4, 0.5) is 0 Å². The molecule has 1 N–H and O–H groups in total. The highest BCUT2D eigenvalue weighted by molar-refractivity contribution is 5.93. The van der Waals surface area contributed by atoms with E-state index in [4.69, 9.17) is 4.74 Å². The van der Waals surface area contributed by atoms with Crippen LogP contribution in [0, 0.1) is 0 Å². The Morgan fingerprint density at radius 3 is 2.27 bits per heavy atom. The summed E-state index contributed by atoms with van der Waals surface area (Å²) in [7, 11) is 0. The molecule has 3 nitrogen and oxygen atoms in total. The van der Waals surface area contributed by atoms with Gasteiger partial charge in [-0.3, -0.25) is 4.79 Å². The van der Waals surface area contributed by atoms with Gasteiger partial charge in [-0.1, -0.05) is 78.0 Å². The molecular weight excluding hydrogens is 370 g/mol. The summed E-state index contributed by atoms with van der Waals surface area (Å²) in [5.41, 5.74) is 1.15. The van der Waals surface area contributed by atoms with Gasteiger partial charge < -0.3 is 10.1 Å². The Kier molecular flexibility index (Phi) is 13.4. The number of carbonyl (C=O) groups excluding carboxylic acids is 1. The van der Waals surface area contributed by atoms with Gasteiger partial charge in [-0.05, 0) is 69.3 Å². The van der Waals surface area contributed by atoms with E-state index in [1.807, 2.05) is 6.92 Å². The van der Waals surface area contributed by atoms with Gasteiger partial charge >= 0.3 is 0 Å². The average Bonchev–Trinajstić information content (AvgIpc) is 2.76. The molecule has 0 heterocycles. The van der Waals surface area contributed by atoms with Gasteiger partial charge in [0.05, 0.1) is 6.04 Å². The lowest BCUT2D eigenvalue weighted by Gasteiger charge is -2.30. The van der Waals surface area contributed by atoms with Gasteiger partial charge in [-0.2, -0.15) is 0 Å². The lowest BCUT2D eigenvalue weighted by atomic mass is 9.98. The molecule has 2 atom stereocenters. The van der Waals surface area contributed by atoms with E-state index in [0.717, 1.165) is 38.0 Å². The van der Waals surface area contributed by atoms with Crippen molar-refractivity contribution in [1.82, 2.24) is 5.32 Å². The summed E-state index contributed by atoms with van der Waals surface area (Å²) in [5, 5.41) is 3.35. The Balaban J connectivity index is 2.41. The van der Waals surface area contributed by atoms with Crippen LogP contribution in [0.1, 0.15) is 97.5 Å². The predicted octanol–water partition coefficient (Wildman–Crippen LogP) is 7.04. The molecule has 0 aliphatic carbocycles. The minimum atomic E-state index is -0.247. The standard InChI is InChI=1S/C27H45NO2/c1-6-10-11-12-13-14-15-16-23-17-19-24(20-18-23)30-27(5,9-4)21-22-28-25(7-2)26(29)8-3/h8,17-20,25,28H,3,6-7,9-16,21-22H2,1-2,4-5H3. The number of benzene rings is 1. The first-order valence-electron chi connectivity index (χ1n) is 12.2. The Morgan fingerprint density at radius 1 is 1.07 bits per heavy atom. The van der Waals surface area contributed by atoms with Gasteiger partial charge in [0.25, 0.3) is 0 Å². The molecule has 0 radical (unpaired) electrons. The van der Waals surface area contributed by atoms with Crippen LogP contribution in [0.5, 0.6) is 5.75 Å². The molecule has 30 heavy (non-hydrogen) atoms. The van der Waals surface area contributed by atoms with Crippen LogP contribution in [0.25, 0.3) is 0 Å². The Morgan fingerprint density at radius 2 is 1.70 bits per heavy atom. The van der Waals surface area contributed by atoms with Crippen molar-refractivity contribution in [1.29, 1.82) is 0 Å². The lowest BCUT2D eigenvalue weighted by molar-refractivity contribution is -0.116. The third-order valence-electron chi connectivity index (χ3n) is 6.10. The monoisotopic (exact) mass is 415 g/mol. The normalized spacial score (nSPS) is 14.1. The molecule has 3 heteroatoms. The topological polar surface area (TPSA) is 38.3 Å². The number of nitrogens with one attached hydrogen (secondary N) is 1. The van der Waals surface area contributed by atoms with Crippen LogP contribution in [-0.2, 0) is 11.2 Å². The molecule has 0 saturated carbocycles. The van der Waals surface area contributed by atoms with Gasteiger partial charge in [0.1, 0.15) is 11.4 Å². The Labute approximate surface area is 185 Å². The molecule has 0 saturated heterocycles. The van der Waals surface area contributed by atoms with Crippen LogP contribution in [0.3, 0.4) is 0 Å². The van der Waals surface area contributed by atoms with E-state index in [9.17, 15) is 4.79 Å². The summed E-state index contributed by atoms with van der Waals surface area (Å²) in [6.07, 6.45) is 14.5. The fraction of sp³-hybridized carbons (Fsp3) is 0.667. The van der Waals surface area contributed by atoms with Crippen LogP contribution >= 0.6 is 0 Å². The molecule has 1 aromatic carbocycles. The first-order valence-corrected chi connectivity index (χ1v) is 12.2. The van der Waals surface area contributed by atoms with Crippen LogP contribution in [-0.4, -0.2) is 24.0 Å². The van der Waals surface area contributed by atoms with Crippen molar-refractivity contribution in [2.75, 3.05) is 6.54 Å². The number of unbranched alkanes of at least 4 members (excludes halogenated alkanes) is 6. The molecular formula is C27H45NO2. The smallest absolute Gasteiger partial charge is 0.171 e. The van der Waals surface area contributed by atoms with Crippen molar-refractivity contribution >= 4 is 5.78 Å². The van der Waals surface area contributed by atoms with Crippen LogP contribution < -0.4 is 10.1 Å². The second kappa shape index (κ2) is 15.2. The van der Waals surface area contributed by atoms with Crippen LogP contribution in [0.2, 0.25) is 0 Å². The van der Waals surface area contributed by atoms with Gasteiger partial charge in [-0.25, -0.2) is 0 Å². The molecule has 0 aromatic heterocycles. The van der Waals surface area contributed by atoms with E-state index >= 15 is 0 Å². The van der Waals surface area contributed by atoms with Gasteiger partial charge in [0.15, 0.2) is 5.78 Å². The second-order valence-electron chi connectivity index (χ2n) is 8.69. The fourth-order valence-corrected chi connectivity index (χ4v) is 3.69. The van der Waals surface area contributed by atoms with E-state index in [1.165, 1.54) is 56.6 Å². The number of ether oxygens (including phenoxy) is 1. The maximum atomic E-state index is 11.8. The molecule has 0 bridgehead atoms. The zero-order valence-corrected chi connectivity index (χ0v) is 20.0. The maximum Gasteiger partial charge on any atom is 0.171 e. The summed E-state index contributed by atoms with van der Waals surface area (Å²) in [6.45, 7) is 12.9. The molecule has 0 aliphatic rings. The van der Waals surface area contributed by atoms with E-state index in [-0.39, 0.29) is 17.4 Å². The van der Waals surface area contributed by atoms with Crippen LogP contribution in [0.15, 0.2) is 36.9 Å². The summed E-state index contributed by atoms with van der Waals surface area (Å²) in [4.78, 5) is 11.8. The van der Waals surface area contributed by atoms with Gasteiger partial charge in [0, 0.05) is 0 Å². The first-order chi connectivity index (χ1) is 14.5. The molecule has 1 rings (SSSR count). The molecule has 0 amide bonds. The number of hydrogen-bond donors (Lipinski definition) is 1. The molecule has 0 aliphatic heterocycles. The molecule has 0 spiro atoms. The number of ketones is 1. The summed E-state index contributed by atoms with van der Waals surface area (Å²) in [5.74, 6) is 0.991. The minimum absolute atomic E-state index is 0.0631. The third-order valence-corrected chi connectivity index (χ3v) is 6.10. The quantitative estimate of drug-likeness (QED) is 0.206. The number of carbonyl (C=O) groups is 1. The number of rotatable bonds is 18. The molecule has 1 aromatic rings. The first kappa shape index (κ1) is 26.4. The SMILES string of the molecule is C=CC(=O)C(CC)NCCC(C)(CC)Oc1ccc(CCCCCCCCC)cc1. The van der Waals surface area contributed by atoms with E-state index in [1.54, 1.807) is 0 Å². The van der Waals surface area contributed by atoms with Crippen molar-refractivity contribution < 1.29 is 9.53 Å². The predicted molar refractivity (Wildman–Crippen MR) is 129 cm³/mol. The van der Waals surface area contributed by atoms with Crippen molar-refractivity contribution in [2.45, 2.75) is 110 Å². The van der Waals surface area contributed by atoms with Gasteiger partial charge in [0.2, 0.25) is 0 Å². The maximum absolute atomic E-state index is 11.8. The molecule has 2 unspecified atom stereocenters. The fourth-order valence-electron chi connectivity index (χ4n) is 3.69. The zero-order valence-electron chi connectivity index (χ0n) is 20.0. The highest BCUT2D eigenvalue weighted by atomic mass is 16.5. The average molecular weight is 416 g/mol. The van der Waals surface area contributed by atoms with Gasteiger partial charge in [-0.15, -0.1) is 0 Å². The number of hydrogen-bond acceptors (Lipinski definition) is 3. The second-order valence-corrected chi connectivity index (χ2v) is 8.69. The van der Waals surface area contributed by atoms with Crippen molar-refractivity contribution in [3.63, 3.8) is 0 Å². The molecule has 170 valence electrons. The summed E-state index contributed by atoms with van der Waals surface area (Å²) >= 11 is 0. The lowest BCUT2D eigenvalue weighted by Crippen LogP contribution is -2.41. The minimum Gasteiger partial charge on any atom is -0.488 e. The summed E-state index contributed by atoms with van der Waals surface area (Å²) in [6, 6.07) is 8.48. The highest BCUT2D eigenvalue weighted by Crippen LogP contribution is 2.25. The number of aryl methyl sites for hydroxylation is 1. The van der Waals surface area contributed by atoms with E-state index in [0.29, 0.717) is 0 Å². The Hall–Kier alpha value is -1.61. The van der Waals surface area contributed by atoms with Crippen molar-refractivity contribution in [3.05, 3.63) is 42.5 Å². The largest absolute Gasteiger partial charge is 0.488 e. The third kappa shape index (κ3) is 10.4. The van der Waals surface area contributed by atoms with E-state index < -0.39 is 0 Å².